The van der Waals surface area contributed by atoms with E-state index in [1.165, 1.54) is 6.20 Å². The summed E-state index contributed by atoms with van der Waals surface area (Å²) in [5.41, 5.74) is 1.40. The molecule has 1 aliphatic rings. The van der Waals surface area contributed by atoms with Crippen LogP contribution in [0.5, 0.6) is 5.75 Å². The number of aryl methyl sites for hydroxylation is 1. The molecule has 2 N–H and O–H groups in total. The largest absolute Gasteiger partial charge is 0.497 e. The Balaban J connectivity index is 1.52. The second kappa shape index (κ2) is 7.90. The quantitative estimate of drug-likeness (QED) is 0.713. The number of ether oxygens (including phenoxy) is 1. The zero-order valence-corrected chi connectivity index (χ0v) is 15.1. The van der Waals surface area contributed by atoms with E-state index < -0.39 is 12.1 Å². The van der Waals surface area contributed by atoms with Crippen molar-refractivity contribution in [3.05, 3.63) is 42.2 Å². The van der Waals surface area contributed by atoms with E-state index in [-0.39, 0.29) is 31.2 Å². The smallest absolute Gasteiger partial charge is 0.325 e. The van der Waals surface area contributed by atoms with Crippen LogP contribution in [0.4, 0.5) is 10.5 Å². The van der Waals surface area contributed by atoms with Crippen LogP contribution >= 0.6 is 0 Å². The van der Waals surface area contributed by atoms with Gasteiger partial charge in [0.2, 0.25) is 5.91 Å². The van der Waals surface area contributed by atoms with Crippen LogP contribution in [0.3, 0.4) is 0 Å². The maximum atomic E-state index is 12.5. The third-order valence-corrected chi connectivity index (χ3v) is 4.26. The Morgan fingerprint density at radius 1 is 1.30 bits per heavy atom. The number of hydrogen-bond donors (Lipinski definition) is 2. The number of hydrogen-bond acceptors (Lipinski definition) is 5. The zero-order valence-electron chi connectivity index (χ0n) is 15.1. The van der Waals surface area contributed by atoms with Crippen molar-refractivity contribution < 1.29 is 19.1 Å². The van der Waals surface area contributed by atoms with Crippen LogP contribution in [0, 0.1) is 0 Å². The van der Waals surface area contributed by atoms with Gasteiger partial charge in [-0.1, -0.05) is 12.1 Å². The van der Waals surface area contributed by atoms with E-state index in [0.29, 0.717) is 11.4 Å². The summed E-state index contributed by atoms with van der Waals surface area (Å²) < 4.78 is 6.67. The minimum atomic E-state index is -0.699. The third kappa shape index (κ3) is 4.43. The van der Waals surface area contributed by atoms with E-state index in [1.807, 2.05) is 0 Å². The number of carbonyl (C=O) groups is 3. The SMILES string of the molecule is COc1ccc(CN2C(=O)NC(CCC(=O)Nc3cnn(C)c3)C2=O)cc1. The highest BCUT2D eigenvalue weighted by Gasteiger charge is 2.37. The first-order valence-corrected chi connectivity index (χ1v) is 8.49. The molecule has 2 aromatic rings. The Morgan fingerprint density at radius 2 is 2.04 bits per heavy atom. The van der Waals surface area contributed by atoms with E-state index in [2.05, 4.69) is 15.7 Å². The average Bonchev–Trinajstić information content (AvgIpc) is 3.18. The van der Waals surface area contributed by atoms with Gasteiger partial charge in [-0.25, -0.2) is 4.79 Å². The maximum absolute atomic E-state index is 12.5. The maximum Gasteiger partial charge on any atom is 0.325 e. The molecular formula is C18H21N5O4. The average molecular weight is 371 g/mol. The van der Waals surface area contributed by atoms with Crippen LogP contribution in [0.25, 0.3) is 0 Å². The molecule has 1 fully saturated rings. The summed E-state index contributed by atoms with van der Waals surface area (Å²) in [5, 5.41) is 9.31. The van der Waals surface area contributed by atoms with Crippen molar-refractivity contribution in [3.8, 4) is 5.75 Å². The molecule has 4 amide bonds. The molecule has 1 aromatic carbocycles. The molecule has 3 rings (SSSR count). The Labute approximate surface area is 156 Å². The number of amides is 4. The summed E-state index contributed by atoms with van der Waals surface area (Å²) >= 11 is 0. The van der Waals surface area contributed by atoms with Gasteiger partial charge < -0.3 is 15.4 Å². The lowest BCUT2D eigenvalue weighted by atomic mass is 10.1. The van der Waals surface area contributed by atoms with Crippen LogP contribution < -0.4 is 15.4 Å². The molecule has 27 heavy (non-hydrogen) atoms. The summed E-state index contributed by atoms with van der Waals surface area (Å²) in [6.07, 6.45) is 3.56. The van der Waals surface area contributed by atoms with Crippen molar-refractivity contribution in [1.82, 2.24) is 20.0 Å². The van der Waals surface area contributed by atoms with Gasteiger partial charge in [-0.05, 0) is 24.1 Å². The second-order valence-corrected chi connectivity index (χ2v) is 6.26. The van der Waals surface area contributed by atoms with Gasteiger partial charge in [-0.3, -0.25) is 19.2 Å². The lowest BCUT2D eigenvalue weighted by Crippen LogP contribution is -2.31. The van der Waals surface area contributed by atoms with Crippen LogP contribution in [0.1, 0.15) is 18.4 Å². The highest BCUT2D eigenvalue weighted by molar-refractivity contribution is 6.04. The molecule has 0 radical (unpaired) electrons. The topological polar surface area (TPSA) is 106 Å². The second-order valence-electron chi connectivity index (χ2n) is 6.26. The number of aromatic nitrogens is 2. The monoisotopic (exact) mass is 371 g/mol. The summed E-state index contributed by atoms with van der Waals surface area (Å²) in [4.78, 5) is 37.8. The number of nitrogens with zero attached hydrogens (tertiary/aromatic N) is 3. The fraction of sp³-hybridized carbons (Fsp3) is 0.333. The first-order chi connectivity index (χ1) is 13.0. The van der Waals surface area contributed by atoms with E-state index in [1.54, 1.807) is 49.3 Å². The highest BCUT2D eigenvalue weighted by Crippen LogP contribution is 2.18. The molecule has 0 aliphatic carbocycles. The minimum Gasteiger partial charge on any atom is -0.497 e. The van der Waals surface area contributed by atoms with Gasteiger partial charge in [0.15, 0.2) is 0 Å². The summed E-state index contributed by atoms with van der Waals surface area (Å²) in [6.45, 7) is 0.174. The number of benzene rings is 1. The molecule has 1 aliphatic heterocycles. The Kier molecular flexibility index (Phi) is 5.39. The van der Waals surface area contributed by atoms with E-state index >= 15 is 0 Å². The van der Waals surface area contributed by atoms with Gasteiger partial charge >= 0.3 is 6.03 Å². The number of carbonyl (C=O) groups excluding carboxylic acids is 3. The van der Waals surface area contributed by atoms with Crippen LogP contribution in [0.15, 0.2) is 36.7 Å². The first-order valence-electron chi connectivity index (χ1n) is 8.49. The number of anilines is 1. The molecule has 2 heterocycles. The van der Waals surface area contributed by atoms with Crippen LogP contribution in [-0.4, -0.2) is 45.7 Å². The summed E-state index contributed by atoms with van der Waals surface area (Å²) in [7, 11) is 3.32. The van der Waals surface area contributed by atoms with Gasteiger partial charge in [0.1, 0.15) is 11.8 Å². The molecule has 142 valence electrons. The molecule has 0 saturated carbocycles. The lowest BCUT2D eigenvalue weighted by Gasteiger charge is -2.13. The predicted molar refractivity (Wildman–Crippen MR) is 96.9 cm³/mol. The molecule has 1 atom stereocenters. The normalized spacial score (nSPS) is 16.4. The van der Waals surface area contributed by atoms with Gasteiger partial charge in [-0.15, -0.1) is 0 Å². The Hall–Kier alpha value is -3.36. The molecular weight excluding hydrogens is 350 g/mol. The molecule has 1 unspecified atom stereocenters. The fourth-order valence-corrected chi connectivity index (χ4v) is 2.82. The fourth-order valence-electron chi connectivity index (χ4n) is 2.82. The number of methoxy groups -OCH3 is 1. The van der Waals surface area contributed by atoms with Gasteiger partial charge in [-0.2, -0.15) is 5.10 Å². The molecule has 1 aromatic heterocycles. The van der Waals surface area contributed by atoms with Crippen molar-refractivity contribution in [2.45, 2.75) is 25.4 Å². The Bertz CT molecular complexity index is 846. The number of urea groups is 1. The van der Waals surface area contributed by atoms with Crippen LogP contribution in [-0.2, 0) is 23.2 Å². The molecule has 9 heteroatoms. The predicted octanol–water partition coefficient (Wildman–Crippen LogP) is 1.27. The first kappa shape index (κ1) is 18.4. The summed E-state index contributed by atoms with van der Waals surface area (Å²) in [6, 6.07) is 5.99. The van der Waals surface area contributed by atoms with Crippen molar-refractivity contribution in [2.24, 2.45) is 7.05 Å². The Morgan fingerprint density at radius 3 is 2.67 bits per heavy atom. The summed E-state index contributed by atoms with van der Waals surface area (Å²) in [5.74, 6) is 0.136. The van der Waals surface area contributed by atoms with Crippen molar-refractivity contribution in [1.29, 1.82) is 0 Å². The van der Waals surface area contributed by atoms with E-state index in [9.17, 15) is 14.4 Å². The lowest BCUT2D eigenvalue weighted by molar-refractivity contribution is -0.128. The van der Waals surface area contributed by atoms with Crippen molar-refractivity contribution in [3.63, 3.8) is 0 Å². The van der Waals surface area contributed by atoms with Crippen molar-refractivity contribution in [2.75, 3.05) is 12.4 Å². The standard InChI is InChI=1S/C18H21N5O4/c1-22-11-13(9-19-22)20-16(24)8-7-15-17(25)23(18(26)21-15)10-12-3-5-14(27-2)6-4-12/h3-6,9,11,15H,7-8,10H2,1-2H3,(H,20,24)(H,21,26). The zero-order chi connectivity index (χ0) is 19.4. The molecule has 0 spiro atoms. The van der Waals surface area contributed by atoms with Crippen LogP contribution in [0.2, 0.25) is 0 Å². The molecule has 0 bridgehead atoms. The highest BCUT2D eigenvalue weighted by atomic mass is 16.5. The number of nitrogens with one attached hydrogen (secondary N) is 2. The van der Waals surface area contributed by atoms with E-state index in [0.717, 1.165) is 10.5 Å². The third-order valence-electron chi connectivity index (χ3n) is 4.26. The van der Waals surface area contributed by atoms with Gasteiger partial charge in [0.25, 0.3) is 5.91 Å². The molecule has 1 saturated heterocycles. The number of rotatable bonds is 7. The van der Waals surface area contributed by atoms with E-state index in [4.69, 9.17) is 4.74 Å². The van der Waals surface area contributed by atoms with Crippen molar-refractivity contribution >= 4 is 23.5 Å². The molecule has 9 nitrogen and oxygen atoms in total. The number of imide groups is 1. The van der Waals surface area contributed by atoms with Gasteiger partial charge in [0.05, 0.1) is 25.5 Å². The van der Waals surface area contributed by atoms with Gasteiger partial charge in [0, 0.05) is 19.7 Å². The minimum absolute atomic E-state index is 0.113.